The average Bonchev–Trinajstić information content (AvgIpc) is 2.44. The monoisotopic (exact) mass is 332 g/mol. The highest BCUT2D eigenvalue weighted by Crippen LogP contribution is 2.43. The molecule has 1 atom stereocenters. The van der Waals surface area contributed by atoms with Gasteiger partial charge in [-0.2, -0.15) is 0 Å². The fourth-order valence-corrected chi connectivity index (χ4v) is 3.41. The number of rotatable bonds is 4. The molecule has 3 rings (SSSR count). The van der Waals surface area contributed by atoms with Gasteiger partial charge in [-0.05, 0) is 37.0 Å². The molecule has 1 heterocycles. The first-order valence-corrected chi connectivity index (χ1v) is 7.94. The quantitative estimate of drug-likeness (QED) is 0.855. The van der Waals surface area contributed by atoms with Gasteiger partial charge >= 0.3 is 6.36 Å². The van der Waals surface area contributed by atoms with Gasteiger partial charge in [0, 0.05) is 37.8 Å². The maximum absolute atomic E-state index is 14.3. The van der Waals surface area contributed by atoms with Crippen LogP contribution in [0.4, 0.5) is 17.6 Å². The van der Waals surface area contributed by atoms with Gasteiger partial charge in [0.1, 0.15) is 11.6 Å². The van der Waals surface area contributed by atoms with Gasteiger partial charge in [-0.1, -0.05) is 6.42 Å². The summed E-state index contributed by atoms with van der Waals surface area (Å²) in [7, 11) is 0. The van der Waals surface area contributed by atoms with E-state index in [1.54, 1.807) is 0 Å². The van der Waals surface area contributed by atoms with Crippen LogP contribution in [0.3, 0.4) is 0 Å². The zero-order valence-electron chi connectivity index (χ0n) is 12.7. The minimum absolute atomic E-state index is 0.178. The lowest BCUT2D eigenvalue weighted by atomic mass is 9.76. The normalized spacial score (nSPS) is 21.7. The van der Waals surface area contributed by atoms with Crippen LogP contribution in [-0.2, 0) is 0 Å². The van der Waals surface area contributed by atoms with Gasteiger partial charge < -0.3 is 10.1 Å². The van der Waals surface area contributed by atoms with Gasteiger partial charge in [0.25, 0.3) is 0 Å². The fraction of sp³-hybridized carbons (Fsp3) is 0.625. The first kappa shape index (κ1) is 16.5. The molecule has 0 amide bonds. The molecule has 1 saturated heterocycles. The van der Waals surface area contributed by atoms with Crippen LogP contribution in [0.2, 0.25) is 0 Å². The largest absolute Gasteiger partial charge is 0.573 e. The molecule has 1 aromatic rings. The van der Waals surface area contributed by atoms with Crippen LogP contribution in [0.25, 0.3) is 0 Å². The van der Waals surface area contributed by atoms with Crippen LogP contribution in [0.5, 0.6) is 5.75 Å². The first-order valence-electron chi connectivity index (χ1n) is 7.94. The fourth-order valence-electron chi connectivity index (χ4n) is 3.41. The van der Waals surface area contributed by atoms with Crippen LogP contribution in [0, 0.1) is 11.7 Å². The van der Waals surface area contributed by atoms with E-state index < -0.39 is 12.2 Å². The van der Waals surface area contributed by atoms with Crippen molar-refractivity contribution in [2.45, 2.75) is 31.7 Å². The molecule has 2 aliphatic rings. The van der Waals surface area contributed by atoms with Crippen molar-refractivity contribution in [1.29, 1.82) is 0 Å². The number of piperazine rings is 1. The van der Waals surface area contributed by atoms with Crippen molar-refractivity contribution in [2.75, 3.05) is 26.2 Å². The predicted octanol–water partition coefficient (Wildman–Crippen LogP) is 3.47. The van der Waals surface area contributed by atoms with Gasteiger partial charge in [0.15, 0.2) is 0 Å². The maximum Gasteiger partial charge on any atom is 0.573 e. The Hall–Kier alpha value is -1.34. The standard InChI is InChI=1S/C16H20F4N2O/c17-14-5-4-12(23-16(18,19)20)10-13(14)15(11-2-1-3-11)22-8-6-21-7-9-22/h4-5,10-11,15,21H,1-3,6-9H2/t15-/m0/s1. The molecule has 1 saturated carbocycles. The Kier molecular flexibility index (Phi) is 4.77. The van der Waals surface area contributed by atoms with Crippen LogP contribution in [0.1, 0.15) is 30.9 Å². The van der Waals surface area contributed by atoms with Crippen LogP contribution < -0.4 is 10.1 Å². The molecule has 0 aromatic heterocycles. The van der Waals surface area contributed by atoms with Crippen molar-refractivity contribution >= 4 is 0 Å². The number of halogens is 4. The Morgan fingerprint density at radius 1 is 1.17 bits per heavy atom. The summed E-state index contributed by atoms with van der Waals surface area (Å²) in [5.74, 6) is -0.521. The van der Waals surface area contributed by atoms with E-state index in [4.69, 9.17) is 0 Å². The highest BCUT2D eigenvalue weighted by atomic mass is 19.4. The van der Waals surface area contributed by atoms with Crippen LogP contribution in [-0.4, -0.2) is 37.4 Å². The molecular formula is C16H20F4N2O. The Balaban J connectivity index is 1.89. The van der Waals surface area contributed by atoms with E-state index >= 15 is 0 Å². The summed E-state index contributed by atoms with van der Waals surface area (Å²) >= 11 is 0. The summed E-state index contributed by atoms with van der Waals surface area (Å²) in [6.45, 7) is 3.16. The van der Waals surface area contributed by atoms with Crippen LogP contribution in [0.15, 0.2) is 18.2 Å². The Labute approximate surface area is 132 Å². The second kappa shape index (κ2) is 6.65. The van der Waals surface area contributed by atoms with E-state index in [9.17, 15) is 17.6 Å². The molecular weight excluding hydrogens is 312 g/mol. The van der Waals surface area contributed by atoms with Crippen molar-refractivity contribution < 1.29 is 22.3 Å². The molecule has 1 N–H and O–H groups in total. The number of hydrogen-bond acceptors (Lipinski definition) is 3. The second-order valence-electron chi connectivity index (χ2n) is 6.15. The SMILES string of the molecule is Fc1ccc(OC(F)(F)F)cc1[C@H](C1CCC1)N1CCNCC1. The Bertz CT molecular complexity index is 539. The molecule has 0 bridgehead atoms. The van der Waals surface area contributed by atoms with Crippen molar-refractivity contribution in [2.24, 2.45) is 5.92 Å². The van der Waals surface area contributed by atoms with E-state index in [-0.39, 0.29) is 11.8 Å². The molecule has 3 nitrogen and oxygen atoms in total. The Morgan fingerprint density at radius 2 is 1.87 bits per heavy atom. The molecule has 23 heavy (non-hydrogen) atoms. The highest BCUT2D eigenvalue weighted by Gasteiger charge is 2.36. The third kappa shape index (κ3) is 3.95. The lowest BCUT2D eigenvalue weighted by molar-refractivity contribution is -0.274. The summed E-state index contributed by atoms with van der Waals surface area (Å²) in [5, 5.41) is 3.24. The van der Waals surface area contributed by atoms with Crippen LogP contribution >= 0.6 is 0 Å². The zero-order valence-corrected chi connectivity index (χ0v) is 12.7. The molecule has 1 aromatic carbocycles. The van der Waals surface area contributed by atoms with E-state index in [0.717, 1.165) is 57.6 Å². The summed E-state index contributed by atoms with van der Waals surface area (Å²) < 4.78 is 55.6. The number of ether oxygens (including phenoxy) is 1. The first-order chi connectivity index (χ1) is 10.9. The van der Waals surface area contributed by atoms with E-state index in [0.29, 0.717) is 11.5 Å². The minimum atomic E-state index is -4.77. The number of nitrogens with one attached hydrogen (secondary N) is 1. The van der Waals surface area contributed by atoms with Crippen molar-refractivity contribution in [3.63, 3.8) is 0 Å². The molecule has 1 aliphatic heterocycles. The molecule has 7 heteroatoms. The number of alkyl halides is 3. The van der Waals surface area contributed by atoms with E-state index in [1.165, 1.54) is 6.07 Å². The van der Waals surface area contributed by atoms with Gasteiger partial charge in [-0.25, -0.2) is 4.39 Å². The molecule has 0 unspecified atom stereocenters. The van der Waals surface area contributed by atoms with E-state index in [1.807, 2.05) is 0 Å². The second-order valence-corrected chi connectivity index (χ2v) is 6.15. The third-order valence-electron chi connectivity index (χ3n) is 4.66. The molecule has 0 radical (unpaired) electrons. The van der Waals surface area contributed by atoms with Crippen molar-refractivity contribution in [3.05, 3.63) is 29.6 Å². The predicted molar refractivity (Wildman–Crippen MR) is 77.6 cm³/mol. The summed E-state index contributed by atoms with van der Waals surface area (Å²) in [5.41, 5.74) is 0.318. The number of hydrogen-bond donors (Lipinski definition) is 1. The molecule has 128 valence electrons. The number of benzene rings is 1. The van der Waals surface area contributed by atoms with E-state index in [2.05, 4.69) is 15.0 Å². The smallest absolute Gasteiger partial charge is 0.406 e. The summed E-state index contributed by atoms with van der Waals surface area (Å²) in [6.07, 6.45) is -1.71. The molecule has 1 aliphatic carbocycles. The summed E-state index contributed by atoms with van der Waals surface area (Å²) in [6, 6.07) is 3.14. The topological polar surface area (TPSA) is 24.5 Å². The third-order valence-corrected chi connectivity index (χ3v) is 4.66. The lowest BCUT2D eigenvalue weighted by Gasteiger charge is -2.43. The minimum Gasteiger partial charge on any atom is -0.406 e. The average molecular weight is 332 g/mol. The summed E-state index contributed by atoms with van der Waals surface area (Å²) in [4.78, 5) is 2.18. The molecule has 2 fully saturated rings. The van der Waals surface area contributed by atoms with Crippen molar-refractivity contribution in [3.8, 4) is 5.75 Å². The molecule has 0 spiro atoms. The van der Waals surface area contributed by atoms with Gasteiger partial charge in [-0.15, -0.1) is 13.2 Å². The van der Waals surface area contributed by atoms with Gasteiger partial charge in [-0.3, -0.25) is 4.90 Å². The Morgan fingerprint density at radius 3 is 2.43 bits per heavy atom. The highest BCUT2D eigenvalue weighted by molar-refractivity contribution is 5.33. The van der Waals surface area contributed by atoms with Gasteiger partial charge in [0.05, 0.1) is 0 Å². The maximum atomic E-state index is 14.3. The zero-order chi connectivity index (χ0) is 16.4. The van der Waals surface area contributed by atoms with Gasteiger partial charge in [0.2, 0.25) is 0 Å². The number of nitrogens with zero attached hydrogens (tertiary/aromatic N) is 1. The lowest BCUT2D eigenvalue weighted by Crippen LogP contribution is -2.48. The van der Waals surface area contributed by atoms with Crippen molar-refractivity contribution in [1.82, 2.24) is 10.2 Å².